The van der Waals surface area contributed by atoms with E-state index in [4.69, 9.17) is 9.47 Å². The lowest BCUT2D eigenvalue weighted by Crippen LogP contribution is -2.51. The van der Waals surface area contributed by atoms with E-state index in [9.17, 15) is 40.0 Å². The molecule has 59 heavy (non-hydrogen) atoms. The van der Waals surface area contributed by atoms with Crippen LogP contribution < -0.4 is 20.1 Å². The van der Waals surface area contributed by atoms with Crippen molar-refractivity contribution in [3.63, 3.8) is 0 Å². The highest BCUT2D eigenvalue weighted by molar-refractivity contribution is 6.13. The maximum Gasteiger partial charge on any atom is 0.269 e. The molecule has 18 heteroatoms. The van der Waals surface area contributed by atoms with E-state index in [0.717, 1.165) is 0 Å². The number of carbonyl (C=O) groups excluding carboxylic acids is 4. The molecule has 6 atom stereocenters. The highest BCUT2D eigenvalue weighted by Crippen LogP contribution is 2.59. The summed E-state index contributed by atoms with van der Waals surface area (Å²) in [5.41, 5.74) is -2.33. The number of non-ortho nitro benzene ring substituents is 2. The first kappa shape index (κ1) is 38.9. The summed E-state index contributed by atoms with van der Waals surface area (Å²) >= 11 is 0. The zero-order valence-corrected chi connectivity index (χ0v) is 32.1. The molecule has 0 aliphatic carbocycles. The fraction of sp³-hybridized carbons (Fsp3) is 0.317. The number of fused-ring (bicyclic) bond motifs is 4. The van der Waals surface area contributed by atoms with Gasteiger partial charge in [0.05, 0.1) is 36.4 Å². The maximum absolute atomic E-state index is 15.2. The van der Waals surface area contributed by atoms with Crippen LogP contribution in [-0.4, -0.2) is 94.6 Å². The SMILES string of the molecule is COc1ccc(C2CN(C)C3(C(=O)Nc4ccc([N+](=O)[O-])cc43)C2C(=O)CC(=O)C2CN(C)C3(C(=O)Nc4ccc([N+](=O)[O-])cc43)C2c2ccc(O)c(OC)c2)cc1O. The van der Waals surface area contributed by atoms with Gasteiger partial charge in [0.2, 0.25) is 11.8 Å². The summed E-state index contributed by atoms with van der Waals surface area (Å²) in [7, 11) is 5.92. The van der Waals surface area contributed by atoms with Crippen molar-refractivity contribution >= 4 is 46.1 Å². The second-order valence-corrected chi connectivity index (χ2v) is 15.3. The number of ether oxygens (including phenoxy) is 2. The van der Waals surface area contributed by atoms with Gasteiger partial charge in [-0.05, 0) is 61.6 Å². The van der Waals surface area contributed by atoms with Gasteiger partial charge in [0.25, 0.3) is 11.4 Å². The number of amides is 2. The van der Waals surface area contributed by atoms with Crippen LogP contribution in [0.4, 0.5) is 22.7 Å². The second kappa shape index (κ2) is 13.9. The molecule has 2 fully saturated rings. The molecular weight excluding hydrogens is 768 g/mol. The normalized spacial score (nSPS) is 25.8. The Kier molecular flexibility index (Phi) is 9.16. The van der Waals surface area contributed by atoms with Gasteiger partial charge in [0, 0.05) is 77.6 Å². The van der Waals surface area contributed by atoms with Crippen molar-refractivity contribution in [3.8, 4) is 23.0 Å². The molecule has 8 rings (SSSR count). The molecule has 4 N–H and O–H groups in total. The minimum atomic E-state index is -1.82. The monoisotopic (exact) mass is 806 g/mol. The first-order valence-electron chi connectivity index (χ1n) is 18.5. The van der Waals surface area contributed by atoms with E-state index in [2.05, 4.69) is 10.6 Å². The highest BCUT2D eigenvalue weighted by atomic mass is 16.6. The fourth-order valence-corrected chi connectivity index (χ4v) is 10.1. The molecule has 0 aromatic heterocycles. The molecule has 2 saturated heterocycles. The first-order valence-corrected chi connectivity index (χ1v) is 18.5. The molecule has 0 bridgehead atoms. The third-order valence-electron chi connectivity index (χ3n) is 12.6. The van der Waals surface area contributed by atoms with E-state index in [1.165, 1.54) is 80.9 Å². The summed E-state index contributed by atoms with van der Waals surface area (Å²) in [5.74, 6) is -7.08. The standard InChI is InChI=1S/C41H38N6O12/c1-44-18-24(20-6-12-34(58-3)32(50)13-20)37(41(44)27-16-23(47(56)57)8-10-29(27)43-39(41)53)33(51)17-31(49)25-19-45(2)40(36(25)21-5-11-30(48)35(14-21)59-4)26-15-22(46(54)55)7-9-28(26)42-38(40)52/h5-16,24-25,36-37,48,50H,17-19H2,1-4H3,(H,42,52)(H,43,53). The Morgan fingerprint density at radius 2 is 1.29 bits per heavy atom. The van der Waals surface area contributed by atoms with Gasteiger partial charge in [0.1, 0.15) is 22.6 Å². The summed E-state index contributed by atoms with van der Waals surface area (Å²) in [5, 5.41) is 51.0. The predicted molar refractivity (Wildman–Crippen MR) is 208 cm³/mol. The van der Waals surface area contributed by atoms with Crippen LogP contribution in [0.3, 0.4) is 0 Å². The number of rotatable bonds is 10. The van der Waals surface area contributed by atoms with Crippen molar-refractivity contribution < 1.29 is 48.7 Å². The summed E-state index contributed by atoms with van der Waals surface area (Å²) in [6.07, 6.45) is -0.750. The molecule has 2 amide bonds. The Bertz CT molecular complexity index is 2530. The lowest BCUT2D eigenvalue weighted by molar-refractivity contribution is -0.385. The average Bonchev–Trinajstić information content (AvgIpc) is 3.89. The number of phenols is 2. The number of methoxy groups -OCH3 is 2. The summed E-state index contributed by atoms with van der Waals surface area (Å²) in [4.78, 5) is 84.9. The largest absolute Gasteiger partial charge is 0.504 e. The number of likely N-dealkylation sites (N-methyl/N-ethyl adjacent to an activating group) is 2. The van der Waals surface area contributed by atoms with E-state index < -0.39 is 74.4 Å². The smallest absolute Gasteiger partial charge is 0.269 e. The van der Waals surface area contributed by atoms with Gasteiger partial charge in [-0.3, -0.25) is 49.2 Å². The number of aromatic hydroxyl groups is 2. The van der Waals surface area contributed by atoms with Crippen LogP contribution in [0.5, 0.6) is 23.0 Å². The lowest BCUT2D eigenvalue weighted by atomic mass is 9.68. The number of phenolic OH excluding ortho intramolecular Hbond substituents is 2. The molecule has 4 aliphatic rings. The van der Waals surface area contributed by atoms with Crippen molar-refractivity contribution in [1.29, 1.82) is 0 Å². The van der Waals surface area contributed by atoms with E-state index in [0.29, 0.717) is 16.8 Å². The van der Waals surface area contributed by atoms with Gasteiger partial charge in [-0.15, -0.1) is 0 Å². The van der Waals surface area contributed by atoms with Crippen molar-refractivity contribution in [3.05, 3.63) is 115 Å². The number of nitrogens with one attached hydrogen (secondary N) is 2. The van der Waals surface area contributed by atoms with Crippen LogP contribution in [-0.2, 0) is 30.3 Å². The van der Waals surface area contributed by atoms with Crippen LogP contribution in [0, 0.1) is 32.1 Å². The van der Waals surface area contributed by atoms with Crippen LogP contribution in [0.2, 0.25) is 0 Å². The van der Waals surface area contributed by atoms with Gasteiger partial charge in [-0.2, -0.15) is 0 Å². The summed E-state index contributed by atoms with van der Waals surface area (Å²) in [6.45, 7) is -0.0244. The van der Waals surface area contributed by atoms with Crippen LogP contribution >= 0.6 is 0 Å². The van der Waals surface area contributed by atoms with E-state index >= 15 is 9.59 Å². The number of hydrogen-bond donors (Lipinski definition) is 4. The number of Topliss-reactive ketones (excluding diaryl/α,β-unsaturated/α-hetero) is 2. The predicted octanol–water partition coefficient (Wildman–Crippen LogP) is 4.15. The zero-order valence-electron chi connectivity index (χ0n) is 32.1. The number of carbonyl (C=O) groups is 4. The number of hydrogen-bond acceptors (Lipinski definition) is 14. The molecule has 4 aliphatic heterocycles. The number of ketones is 2. The molecular formula is C41H38N6O12. The van der Waals surface area contributed by atoms with E-state index in [-0.39, 0.29) is 64.3 Å². The quantitative estimate of drug-likeness (QED) is 0.100. The van der Waals surface area contributed by atoms with Crippen molar-refractivity contribution in [2.24, 2.45) is 11.8 Å². The third-order valence-corrected chi connectivity index (χ3v) is 12.6. The summed E-state index contributed by atoms with van der Waals surface area (Å²) in [6, 6.07) is 16.8. The Hall–Kier alpha value is -6.92. The minimum absolute atomic E-state index is 0.0358. The van der Waals surface area contributed by atoms with Crippen LogP contribution in [0.25, 0.3) is 0 Å². The van der Waals surface area contributed by atoms with E-state index in [1.54, 1.807) is 30.0 Å². The Balaban J connectivity index is 1.26. The minimum Gasteiger partial charge on any atom is -0.504 e. The van der Waals surface area contributed by atoms with Crippen molar-refractivity contribution in [1.82, 2.24) is 9.80 Å². The van der Waals surface area contributed by atoms with Crippen molar-refractivity contribution in [2.45, 2.75) is 29.3 Å². The van der Waals surface area contributed by atoms with Gasteiger partial charge in [-0.1, -0.05) is 12.1 Å². The number of nitro benzene ring substituents is 2. The average molecular weight is 807 g/mol. The molecule has 0 radical (unpaired) electrons. The Labute approximate surface area is 335 Å². The van der Waals surface area contributed by atoms with Gasteiger partial charge < -0.3 is 30.3 Å². The van der Waals surface area contributed by atoms with Crippen LogP contribution in [0.15, 0.2) is 72.8 Å². The highest BCUT2D eigenvalue weighted by Gasteiger charge is 2.66. The first-order chi connectivity index (χ1) is 28.1. The number of benzene rings is 4. The lowest BCUT2D eigenvalue weighted by Gasteiger charge is -2.36. The second-order valence-electron chi connectivity index (χ2n) is 15.3. The molecule has 304 valence electrons. The van der Waals surface area contributed by atoms with Gasteiger partial charge in [-0.25, -0.2) is 0 Å². The molecule has 6 unspecified atom stereocenters. The summed E-state index contributed by atoms with van der Waals surface area (Å²) < 4.78 is 10.6. The van der Waals surface area contributed by atoms with Crippen LogP contribution in [0.1, 0.15) is 40.5 Å². The topological polar surface area (TPSA) is 244 Å². The zero-order chi connectivity index (χ0) is 42.3. The van der Waals surface area contributed by atoms with E-state index in [1.807, 2.05) is 0 Å². The molecule has 4 aromatic carbocycles. The third kappa shape index (κ3) is 5.54. The number of anilines is 2. The molecule has 4 heterocycles. The number of likely N-dealkylation sites (tertiary alicyclic amines) is 2. The molecule has 4 aromatic rings. The van der Waals surface area contributed by atoms with Crippen molar-refractivity contribution in [2.75, 3.05) is 52.0 Å². The molecule has 2 spiro atoms. The Morgan fingerprint density at radius 1 is 0.729 bits per heavy atom. The molecule has 0 saturated carbocycles. The number of nitrogens with zero attached hydrogens (tertiary/aromatic N) is 4. The Morgan fingerprint density at radius 3 is 1.86 bits per heavy atom. The van der Waals surface area contributed by atoms with Gasteiger partial charge in [0.15, 0.2) is 23.0 Å². The fourth-order valence-electron chi connectivity index (χ4n) is 10.1. The molecule has 18 nitrogen and oxygen atoms in total. The van der Waals surface area contributed by atoms with Gasteiger partial charge >= 0.3 is 0 Å². The maximum atomic E-state index is 15.2. The number of nitro groups is 2.